The molecule has 1 atom stereocenters. The van der Waals surface area contributed by atoms with Gasteiger partial charge in [-0.05, 0) is 31.7 Å². The highest BCUT2D eigenvalue weighted by Crippen LogP contribution is 2.11. The number of nitrogens with zero attached hydrogens (tertiary/aromatic N) is 1. The van der Waals surface area contributed by atoms with Gasteiger partial charge in [-0.3, -0.25) is 4.90 Å². The molecule has 4 heteroatoms. The number of benzene rings is 1. The third kappa shape index (κ3) is 4.85. The fourth-order valence-electron chi connectivity index (χ4n) is 1.21. The van der Waals surface area contributed by atoms with Gasteiger partial charge in [0.2, 0.25) is 0 Å². The van der Waals surface area contributed by atoms with Gasteiger partial charge < -0.3 is 5.73 Å². The Bertz CT molecular complexity index is 274. The van der Waals surface area contributed by atoms with Crippen molar-refractivity contribution in [3.8, 4) is 0 Å². The van der Waals surface area contributed by atoms with Gasteiger partial charge >= 0.3 is 0 Å². The van der Waals surface area contributed by atoms with Crippen LogP contribution in [0.25, 0.3) is 0 Å². The van der Waals surface area contributed by atoms with Gasteiger partial charge in [0.1, 0.15) is 0 Å². The largest absolute Gasteiger partial charge is 0.329 e. The number of rotatable bonds is 4. The molecule has 2 nitrogen and oxygen atoms in total. The van der Waals surface area contributed by atoms with E-state index in [1.807, 2.05) is 24.3 Å². The molecule has 0 saturated heterocycles. The van der Waals surface area contributed by atoms with Gasteiger partial charge in [-0.15, -0.1) is 12.4 Å². The second-order valence-electron chi connectivity index (χ2n) is 3.63. The van der Waals surface area contributed by atoms with Gasteiger partial charge in [0, 0.05) is 24.2 Å². The lowest BCUT2D eigenvalue weighted by molar-refractivity contribution is 0.255. The molecule has 1 aromatic carbocycles. The zero-order valence-electron chi connectivity index (χ0n) is 9.11. The van der Waals surface area contributed by atoms with Crippen LogP contribution in [0.3, 0.4) is 0 Å². The maximum atomic E-state index is 5.80. The van der Waals surface area contributed by atoms with Crippen molar-refractivity contribution in [1.29, 1.82) is 0 Å². The summed E-state index contributed by atoms with van der Waals surface area (Å²) in [6, 6.07) is 8.32. The van der Waals surface area contributed by atoms with E-state index in [4.69, 9.17) is 17.3 Å². The quantitative estimate of drug-likeness (QED) is 0.888. The summed E-state index contributed by atoms with van der Waals surface area (Å²) in [4.78, 5) is 2.23. The van der Waals surface area contributed by atoms with Gasteiger partial charge in [0.25, 0.3) is 0 Å². The first-order valence-corrected chi connectivity index (χ1v) is 5.16. The smallest absolute Gasteiger partial charge is 0.0406 e. The molecule has 0 fully saturated rings. The van der Waals surface area contributed by atoms with E-state index in [0.717, 1.165) is 11.6 Å². The molecule has 0 spiro atoms. The summed E-state index contributed by atoms with van der Waals surface area (Å²) < 4.78 is 0. The fourth-order valence-corrected chi connectivity index (χ4v) is 1.34. The first-order valence-electron chi connectivity index (χ1n) is 4.78. The normalized spacial score (nSPS) is 12.3. The molecular weight excluding hydrogens is 231 g/mol. The van der Waals surface area contributed by atoms with Crippen LogP contribution in [0.15, 0.2) is 24.3 Å². The lowest BCUT2D eigenvalue weighted by atomic mass is 10.2. The second kappa shape index (κ2) is 7.07. The molecule has 1 unspecified atom stereocenters. The molecule has 86 valence electrons. The summed E-state index contributed by atoms with van der Waals surface area (Å²) in [6.45, 7) is 3.72. The third-order valence-electron chi connectivity index (χ3n) is 2.44. The van der Waals surface area contributed by atoms with E-state index in [9.17, 15) is 0 Å². The Morgan fingerprint density at radius 3 is 2.33 bits per heavy atom. The highest BCUT2D eigenvalue weighted by molar-refractivity contribution is 6.30. The van der Waals surface area contributed by atoms with Crippen molar-refractivity contribution in [3.05, 3.63) is 34.9 Å². The Hall–Kier alpha value is -0.280. The predicted octanol–water partition coefficient (Wildman–Crippen LogP) is 2.54. The van der Waals surface area contributed by atoms with Gasteiger partial charge in [-0.2, -0.15) is 0 Å². The molecule has 0 bridgehead atoms. The molecular formula is C11H18Cl2N2. The number of likely N-dealkylation sites (N-methyl/N-ethyl adjacent to an activating group) is 1. The van der Waals surface area contributed by atoms with Crippen LogP contribution in [0.2, 0.25) is 5.02 Å². The molecule has 0 aliphatic heterocycles. The topological polar surface area (TPSA) is 29.3 Å². The molecule has 0 heterocycles. The predicted molar refractivity (Wildman–Crippen MR) is 68.7 cm³/mol. The standard InChI is InChI=1S/C11H17ClN2.ClH/c1-9(7-13)14(2)8-10-3-5-11(12)6-4-10;/h3-6,9H,7-8,13H2,1-2H3;1H. The monoisotopic (exact) mass is 248 g/mol. The minimum atomic E-state index is 0. The van der Waals surface area contributed by atoms with E-state index < -0.39 is 0 Å². The molecule has 0 aromatic heterocycles. The molecule has 0 saturated carbocycles. The van der Waals surface area contributed by atoms with E-state index >= 15 is 0 Å². The molecule has 0 aliphatic rings. The number of hydrogen-bond acceptors (Lipinski definition) is 2. The highest BCUT2D eigenvalue weighted by Gasteiger charge is 2.06. The third-order valence-corrected chi connectivity index (χ3v) is 2.69. The van der Waals surface area contributed by atoms with Crippen molar-refractivity contribution in [2.75, 3.05) is 13.6 Å². The van der Waals surface area contributed by atoms with Crippen molar-refractivity contribution in [2.45, 2.75) is 19.5 Å². The first-order chi connectivity index (χ1) is 6.63. The van der Waals surface area contributed by atoms with Crippen LogP contribution in [0.4, 0.5) is 0 Å². The lowest BCUT2D eigenvalue weighted by Crippen LogP contribution is -2.34. The minimum absolute atomic E-state index is 0. The Labute approximate surface area is 103 Å². The molecule has 1 rings (SSSR count). The number of halogens is 2. The van der Waals surface area contributed by atoms with Gasteiger partial charge in [0.15, 0.2) is 0 Å². The van der Waals surface area contributed by atoms with Crippen LogP contribution in [-0.4, -0.2) is 24.5 Å². The summed E-state index contributed by atoms with van der Waals surface area (Å²) >= 11 is 5.80. The van der Waals surface area contributed by atoms with Crippen LogP contribution in [0.1, 0.15) is 12.5 Å². The lowest BCUT2D eigenvalue weighted by Gasteiger charge is -2.23. The molecule has 0 amide bonds. The van der Waals surface area contributed by atoms with Crippen LogP contribution < -0.4 is 5.73 Å². The van der Waals surface area contributed by atoms with E-state index in [1.165, 1.54) is 5.56 Å². The summed E-state index contributed by atoms with van der Waals surface area (Å²) in [7, 11) is 2.08. The van der Waals surface area contributed by atoms with E-state index in [0.29, 0.717) is 12.6 Å². The van der Waals surface area contributed by atoms with Crippen molar-refractivity contribution < 1.29 is 0 Å². The van der Waals surface area contributed by atoms with Crippen LogP contribution in [0, 0.1) is 0 Å². The van der Waals surface area contributed by atoms with Crippen molar-refractivity contribution in [1.82, 2.24) is 4.90 Å². The van der Waals surface area contributed by atoms with Crippen LogP contribution in [-0.2, 0) is 6.54 Å². The van der Waals surface area contributed by atoms with E-state index in [-0.39, 0.29) is 12.4 Å². The first kappa shape index (κ1) is 14.7. The Morgan fingerprint density at radius 2 is 1.87 bits per heavy atom. The molecule has 0 aliphatic carbocycles. The Kier molecular flexibility index (Phi) is 6.94. The van der Waals surface area contributed by atoms with Crippen molar-refractivity contribution in [3.63, 3.8) is 0 Å². The molecule has 15 heavy (non-hydrogen) atoms. The fraction of sp³-hybridized carbons (Fsp3) is 0.455. The summed E-state index contributed by atoms with van der Waals surface area (Å²) in [6.07, 6.45) is 0. The second-order valence-corrected chi connectivity index (χ2v) is 4.06. The zero-order valence-corrected chi connectivity index (χ0v) is 10.7. The molecule has 0 radical (unpaired) electrons. The maximum Gasteiger partial charge on any atom is 0.0406 e. The summed E-state index contributed by atoms with van der Waals surface area (Å²) in [5, 5.41) is 0.781. The summed E-state index contributed by atoms with van der Waals surface area (Å²) in [5.74, 6) is 0. The Morgan fingerprint density at radius 1 is 1.33 bits per heavy atom. The minimum Gasteiger partial charge on any atom is -0.329 e. The average molecular weight is 249 g/mol. The van der Waals surface area contributed by atoms with Gasteiger partial charge in [-0.1, -0.05) is 23.7 Å². The zero-order chi connectivity index (χ0) is 10.6. The number of hydrogen-bond donors (Lipinski definition) is 1. The molecule has 1 aromatic rings. The van der Waals surface area contributed by atoms with Gasteiger partial charge in [-0.25, -0.2) is 0 Å². The number of nitrogens with two attached hydrogens (primary N) is 1. The molecule has 2 N–H and O–H groups in total. The highest BCUT2D eigenvalue weighted by atomic mass is 35.5. The average Bonchev–Trinajstić information content (AvgIpc) is 2.20. The Balaban J connectivity index is 0.00000196. The van der Waals surface area contributed by atoms with E-state index in [2.05, 4.69) is 18.9 Å². The van der Waals surface area contributed by atoms with Gasteiger partial charge in [0.05, 0.1) is 0 Å². The van der Waals surface area contributed by atoms with Crippen LogP contribution >= 0.6 is 24.0 Å². The van der Waals surface area contributed by atoms with Crippen molar-refractivity contribution >= 4 is 24.0 Å². The maximum absolute atomic E-state index is 5.80. The SMILES string of the molecule is CC(CN)N(C)Cc1ccc(Cl)cc1.Cl. The van der Waals surface area contributed by atoms with Crippen LogP contribution in [0.5, 0.6) is 0 Å². The van der Waals surface area contributed by atoms with E-state index in [1.54, 1.807) is 0 Å². The summed E-state index contributed by atoms with van der Waals surface area (Å²) in [5.41, 5.74) is 6.85. The van der Waals surface area contributed by atoms with Crippen molar-refractivity contribution in [2.24, 2.45) is 5.73 Å².